The third-order valence-electron chi connectivity index (χ3n) is 4.13. The molecule has 3 rings (SSSR count). The molecule has 0 amide bonds. The maximum atomic E-state index is 14.0. The number of fused-ring (bicyclic) bond motifs is 1. The summed E-state index contributed by atoms with van der Waals surface area (Å²) in [5.41, 5.74) is 0.183. The van der Waals surface area contributed by atoms with Crippen molar-refractivity contribution in [2.75, 3.05) is 11.9 Å². The van der Waals surface area contributed by atoms with Gasteiger partial charge in [0.25, 0.3) is 0 Å². The summed E-state index contributed by atoms with van der Waals surface area (Å²) in [6, 6.07) is 0. The SMILES string of the molecule is Cc1nc(NCCCCC[C@H]2C[C@H]2F)c2cnc(Cl)c(F)c2n1. The number of halogens is 3. The molecule has 0 unspecified atom stereocenters. The Morgan fingerprint density at radius 3 is 2.83 bits per heavy atom. The number of anilines is 1. The maximum Gasteiger partial charge on any atom is 0.186 e. The molecule has 4 nitrogen and oxygen atoms in total. The fraction of sp³-hybridized carbons (Fsp3) is 0.562. The number of rotatable bonds is 7. The molecule has 0 aliphatic heterocycles. The molecule has 2 aromatic rings. The summed E-state index contributed by atoms with van der Waals surface area (Å²) in [6.45, 7) is 2.43. The summed E-state index contributed by atoms with van der Waals surface area (Å²) in [6.07, 6.45) is 5.68. The number of hydrogen-bond acceptors (Lipinski definition) is 4. The number of hydrogen-bond donors (Lipinski definition) is 1. The molecule has 0 bridgehead atoms. The monoisotopic (exact) mass is 340 g/mol. The van der Waals surface area contributed by atoms with Gasteiger partial charge in [0, 0.05) is 12.7 Å². The average molecular weight is 341 g/mol. The van der Waals surface area contributed by atoms with Crippen molar-refractivity contribution in [2.45, 2.75) is 45.2 Å². The van der Waals surface area contributed by atoms with Crippen LogP contribution in [0.25, 0.3) is 10.9 Å². The van der Waals surface area contributed by atoms with Crippen LogP contribution in [0.2, 0.25) is 5.15 Å². The van der Waals surface area contributed by atoms with Gasteiger partial charge in [-0.15, -0.1) is 0 Å². The molecule has 1 fully saturated rings. The van der Waals surface area contributed by atoms with Gasteiger partial charge >= 0.3 is 0 Å². The standard InChI is InChI=1S/C16H19ClF2N4/c1-9-22-14-11(8-21-15(17)13(14)19)16(23-9)20-6-4-2-3-5-10-7-12(10)18/h8,10,12H,2-7H2,1H3,(H,20,22,23)/t10-,12+/m0/s1. The van der Waals surface area contributed by atoms with Crippen molar-refractivity contribution in [2.24, 2.45) is 5.92 Å². The van der Waals surface area contributed by atoms with Gasteiger partial charge in [-0.2, -0.15) is 0 Å². The summed E-state index contributed by atoms with van der Waals surface area (Å²) in [5.74, 6) is 0.726. The molecule has 0 radical (unpaired) electrons. The van der Waals surface area contributed by atoms with Crippen molar-refractivity contribution in [1.29, 1.82) is 0 Å². The summed E-state index contributed by atoms with van der Waals surface area (Å²) >= 11 is 5.70. The number of aryl methyl sites for hydroxylation is 1. The number of unbranched alkanes of at least 4 members (excludes halogenated alkanes) is 2. The zero-order valence-electron chi connectivity index (χ0n) is 13.0. The van der Waals surface area contributed by atoms with Gasteiger partial charge in [-0.25, -0.2) is 23.7 Å². The van der Waals surface area contributed by atoms with Crippen molar-refractivity contribution in [3.05, 3.63) is 23.0 Å². The minimum absolute atomic E-state index is 0.183. The van der Waals surface area contributed by atoms with Crippen LogP contribution in [0.4, 0.5) is 14.6 Å². The van der Waals surface area contributed by atoms with E-state index in [1.807, 2.05) is 0 Å². The number of aromatic nitrogens is 3. The largest absolute Gasteiger partial charge is 0.369 e. The molecule has 1 saturated carbocycles. The van der Waals surface area contributed by atoms with Crippen LogP contribution >= 0.6 is 11.6 Å². The molecule has 0 aromatic carbocycles. The van der Waals surface area contributed by atoms with Crippen LogP contribution in [-0.4, -0.2) is 27.7 Å². The second-order valence-electron chi connectivity index (χ2n) is 6.03. The average Bonchev–Trinajstić information content (AvgIpc) is 3.22. The highest BCUT2D eigenvalue weighted by Crippen LogP contribution is 2.38. The third kappa shape index (κ3) is 3.86. The Kier molecular flexibility index (Phi) is 4.90. The topological polar surface area (TPSA) is 50.7 Å². The minimum atomic E-state index is -0.622. The Balaban J connectivity index is 1.58. The van der Waals surface area contributed by atoms with Crippen LogP contribution in [0.5, 0.6) is 0 Å². The Bertz CT molecular complexity index is 710. The van der Waals surface area contributed by atoms with Gasteiger partial charge in [0.2, 0.25) is 0 Å². The van der Waals surface area contributed by atoms with E-state index in [2.05, 4.69) is 20.3 Å². The molecule has 1 N–H and O–H groups in total. The van der Waals surface area contributed by atoms with Gasteiger partial charge in [0.15, 0.2) is 11.0 Å². The van der Waals surface area contributed by atoms with E-state index in [0.717, 1.165) is 38.6 Å². The fourth-order valence-corrected chi connectivity index (χ4v) is 2.84. The van der Waals surface area contributed by atoms with Gasteiger partial charge in [-0.1, -0.05) is 24.4 Å². The molecule has 23 heavy (non-hydrogen) atoms. The van der Waals surface area contributed by atoms with E-state index in [4.69, 9.17) is 11.6 Å². The molecular formula is C16H19ClF2N4. The lowest BCUT2D eigenvalue weighted by atomic mass is 10.1. The van der Waals surface area contributed by atoms with Gasteiger partial charge < -0.3 is 5.32 Å². The molecule has 124 valence electrons. The van der Waals surface area contributed by atoms with Crippen LogP contribution in [0.1, 0.15) is 37.9 Å². The lowest BCUT2D eigenvalue weighted by Gasteiger charge is -2.10. The first kappa shape index (κ1) is 16.3. The first-order chi connectivity index (χ1) is 11.1. The van der Waals surface area contributed by atoms with E-state index in [1.165, 1.54) is 6.20 Å². The highest BCUT2D eigenvalue weighted by atomic mass is 35.5. The number of nitrogens with zero attached hydrogens (tertiary/aromatic N) is 3. The summed E-state index contributed by atoms with van der Waals surface area (Å²) in [7, 11) is 0. The summed E-state index contributed by atoms with van der Waals surface area (Å²) in [5, 5.41) is 3.55. The van der Waals surface area contributed by atoms with E-state index in [1.54, 1.807) is 6.92 Å². The van der Waals surface area contributed by atoms with Crippen LogP contribution in [0, 0.1) is 18.7 Å². The van der Waals surface area contributed by atoms with E-state index in [-0.39, 0.29) is 10.7 Å². The summed E-state index contributed by atoms with van der Waals surface area (Å²) < 4.78 is 26.8. The molecule has 0 spiro atoms. The highest BCUT2D eigenvalue weighted by Gasteiger charge is 2.36. The Morgan fingerprint density at radius 2 is 2.09 bits per heavy atom. The van der Waals surface area contributed by atoms with Crippen molar-refractivity contribution in [3.8, 4) is 0 Å². The molecule has 2 aromatic heterocycles. The molecular weight excluding hydrogens is 322 g/mol. The molecule has 2 atom stereocenters. The predicted octanol–water partition coefficient (Wildman–Crippen LogP) is 4.46. The van der Waals surface area contributed by atoms with Crippen molar-refractivity contribution in [3.63, 3.8) is 0 Å². The van der Waals surface area contributed by atoms with E-state index >= 15 is 0 Å². The quantitative estimate of drug-likeness (QED) is 0.597. The van der Waals surface area contributed by atoms with Crippen molar-refractivity contribution in [1.82, 2.24) is 15.0 Å². The fourth-order valence-electron chi connectivity index (χ4n) is 2.71. The second kappa shape index (κ2) is 6.91. The smallest absolute Gasteiger partial charge is 0.186 e. The first-order valence-corrected chi connectivity index (χ1v) is 8.30. The number of nitrogens with one attached hydrogen (secondary N) is 1. The lowest BCUT2D eigenvalue weighted by Crippen LogP contribution is -2.07. The number of pyridine rings is 1. The minimum Gasteiger partial charge on any atom is -0.369 e. The molecule has 7 heteroatoms. The van der Waals surface area contributed by atoms with Gasteiger partial charge in [0.1, 0.15) is 23.3 Å². The Labute approximate surface area is 138 Å². The summed E-state index contributed by atoms with van der Waals surface area (Å²) in [4.78, 5) is 12.2. The predicted molar refractivity (Wildman–Crippen MR) is 87.0 cm³/mol. The molecule has 1 aliphatic rings. The number of alkyl halides is 1. The van der Waals surface area contributed by atoms with E-state index < -0.39 is 12.0 Å². The zero-order chi connectivity index (χ0) is 16.4. The Hall–Kier alpha value is -1.56. The van der Waals surface area contributed by atoms with Crippen LogP contribution in [-0.2, 0) is 0 Å². The van der Waals surface area contributed by atoms with Gasteiger partial charge in [-0.3, -0.25) is 0 Å². The Morgan fingerprint density at radius 1 is 1.30 bits per heavy atom. The van der Waals surface area contributed by atoms with Gasteiger partial charge in [0.05, 0.1) is 5.39 Å². The first-order valence-electron chi connectivity index (χ1n) is 7.92. The molecule has 1 aliphatic carbocycles. The normalized spacial score (nSPS) is 20.0. The third-order valence-corrected chi connectivity index (χ3v) is 4.40. The maximum absolute atomic E-state index is 14.0. The zero-order valence-corrected chi connectivity index (χ0v) is 13.7. The van der Waals surface area contributed by atoms with Crippen LogP contribution in [0.15, 0.2) is 6.20 Å². The lowest BCUT2D eigenvalue weighted by molar-refractivity contribution is 0.430. The van der Waals surface area contributed by atoms with Crippen LogP contribution in [0.3, 0.4) is 0 Å². The highest BCUT2D eigenvalue weighted by molar-refractivity contribution is 6.30. The van der Waals surface area contributed by atoms with Crippen molar-refractivity contribution < 1.29 is 8.78 Å². The second-order valence-corrected chi connectivity index (χ2v) is 6.39. The molecule has 0 saturated heterocycles. The van der Waals surface area contributed by atoms with E-state index in [9.17, 15) is 8.78 Å². The van der Waals surface area contributed by atoms with Gasteiger partial charge in [-0.05, 0) is 32.1 Å². The molecule has 2 heterocycles. The van der Waals surface area contributed by atoms with E-state index in [0.29, 0.717) is 22.9 Å². The van der Waals surface area contributed by atoms with Crippen molar-refractivity contribution >= 4 is 28.3 Å². The van der Waals surface area contributed by atoms with Crippen LogP contribution < -0.4 is 5.32 Å².